The highest BCUT2D eigenvalue weighted by molar-refractivity contribution is 5.90. The summed E-state index contributed by atoms with van der Waals surface area (Å²) in [5.74, 6) is 0. The van der Waals surface area contributed by atoms with Crippen molar-refractivity contribution in [3.8, 4) is 5.69 Å². The Morgan fingerprint density at radius 3 is 2.50 bits per heavy atom. The summed E-state index contributed by atoms with van der Waals surface area (Å²) in [5, 5.41) is 1.78. The zero-order chi connectivity index (χ0) is 15.5. The number of nitrogens with zero attached hydrogens (tertiary/aromatic N) is 1. The van der Waals surface area contributed by atoms with Crippen molar-refractivity contribution in [2.75, 3.05) is 0 Å². The van der Waals surface area contributed by atoms with Crippen LogP contribution in [0.2, 0.25) is 0 Å². The Morgan fingerprint density at radius 2 is 1.82 bits per heavy atom. The third kappa shape index (κ3) is 2.37. The first kappa shape index (κ1) is 14.3. The Bertz CT molecular complexity index is 889. The van der Waals surface area contributed by atoms with Crippen LogP contribution in [-0.4, -0.2) is 4.57 Å². The third-order valence-electron chi connectivity index (χ3n) is 3.88. The minimum Gasteiger partial charge on any atom is -0.281 e. The number of hydrogen-bond donors (Lipinski definition) is 0. The first-order valence-electron chi connectivity index (χ1n) is 7.62. The highest BCUT2D eigenvalue weighted by atomic mass is 16.1. The van der Waals surface area contributed by atoms with Gasteiger partial charge in [-0.2, -0.15) is 0 Å². The number of allylic oxidation sites excluding steroid dienone is 1. The molecule has 0 amide bonds. The van der Waals surface area contributed by atoms with E-state index in [9.17, 15) is 4.79 Å². The SMILES string of the molecule is CC=Cc1cccc2cc(CC)n(-c3ccccc3)c(=O)c12. The van der Waals surface area contributed by atoms with Gasteiger partial charge in [0.2, 0.25) is 0 Å². The number of fused-ring (bicyclic) bond motifs is 1. The number of aromatic nitrogens is 1. The highest BCUT2D eigenvalue weighted by Crippen LogP contribution is 2.20. The number of pyridine rings is 1. The van der Waals surface area contributed by atoms with Gasteiger partial charge >= 0.3 is 0 Å². The predicted molar refractivity (Wildman–Crippen MR) is 93.6 cm³/mol. The molecule has 0 spiro atoms. The molecule has 0 atom stereocenters. The molecule has 1 heterocycles. The third-order valence-corrected chi connectivity index (χ3v) is 3.88. The number of benzene rings is 2. The second-order valence-electron chi connectivity index (χ2n) is 5.28. The van der Waals surface area contributed by atoms with Crippen molar-refractivity contribution < 1.29 is 0 Å². The van der Waals surface area contributed by atoms with Crippen molar-refractivity contribution in [2.24, 2.45) is 0 Å². The molecular weight excluding hydrogens is 270 g/mol. The highest BCUT2D eigenvalue weighted by Gasteiger charge is 2.11. The van der Waals surface area contributed by atoms with E-state index in [4.69, 9.17) is 0 Å². The number of aryl methyl sites for hydroxylation is 1. The van der Waals surface area contributed by atoms with Gasteiger partial charge in [-0.05, 0) is 42.5 Å². The molecule has 22 heavy (non-hydrogen) atoms. The minimum absolute atomic E-state index is 0.0502. The van der Waals surface area contributed by atoms with Crippen molar-refractivity contribution >= 4 is 16.8 Å². The van der Waals surface area contributed by atoms with Crippen LogP contribution in [0.4, 0.5) is 0 Å². The van der Waals surface area contributed by atoms with Crippen molar-refractivity contribution in [3.05, 3.63) is 82.3 Å². The summed E-state index contributed by atoms with van der Waals surface area (Å²) in [6.45, 7) is 4.05. The van der Waals surface area contributed by atoms with Crippen molar-refractivity contribution in [2.45, 2.75) is 20.3 Å². The average molecular weight is 289 g/mol. The van der Waals surface area contributed by atoms with Gasteiger partial charge in [0.15, 0.2) is 0 Å². The first-order chi connectivity index (χ1) is 10.8. The van der Waals surface area contributed by atoms with E-state index >= 15 is 0 Å². The van der Waals surface area contributed by atoms with Crippen molar-refractivity contribution in [1.29, 1.82) is 0 Å². The maximum Gasteiger partial charge on any atom is 0.263 e. The molecular formula is C20H19NO. The Hall–Kier alpha value is -2.61. The lowest BCUT2D eigenvalue weighted by atomic mass is 10.0. The van der Waals surface area contributed by atoms with Crippen LogP contribution in [0, 0.1) is 0 Å². The maximum atomic E-state index is 13.1. The lowest BCUT2D eigenvalue weighted by Crippen LogP contribution is -2.22. The minimum atomic E-state index is 0.0502. The zero-order valence-electron chi connectivity index (χ0n) is 12.9. The summed E-state index contributed by atoms with van der Waals surface area (Å²) >= 11 is 0. The van der Waals surface area contributed by atoms with Gasteiger partial charge in [-0.1, -0.05) is 55.5 Å². The van der Waals surface area contributed by atoms with Crippen LogP contribution in [0.3, 0.4) is 0 Å². The van der Waals surface area contributed by atoms with E-state index in [1.54, 1.807) is 0 Å². The topological polar surface area (TPSA) is 22.0 Å². The summed E-state index contributed by atoms with van der Waals surface area (Å²) in [6.07, 6.45) is 4.77. The summed E-state index contributed by atoms with van der Waals surface area (Å²) < 4.78 is 1.83. The fraction of sp³-hybridized carbons (Fsp3) is 0.150. The molecule has 0 saturated heterocycles. The number of hydrogen-bond acceptors (Lipinski definition) is 1. The van der Waals surface area contributed by atoms with Crippen LogP contribution >= 0.6 is 0 Å². The molecule has 3 aromatic rings. The van der Waals surface area contributed by atoms with Crippen LogP contribution in [0.25, 0.3) is 22.5 Å². The second kappa shape index (κ2) is 6.02. The molecule has 0 aliphatic carbocycles. The standard InChI is InChI=1S/C20H19NO/c1-3-9-15-10-8-11-16-14-17(4-2)21(20(22)19(15)16)18-12-6-5-7-13-18/h3,5-14H,4H2,1-2H3. The number of rotatable bonds is 3. The van der Waals surface area contributed by atoms with E-state index in [0.717, 1.165) is 34.1 Å². The Labute approximate surface area is 130 Å². The maximum absolute atomic E-state index is 13.1. The molecule has 3 rings (SSSR count). The summed E-state index contributed by atoms with van der Waals surface area (Å²) in [6, 6.07) is 18.0. The van der Waals surface area contributed by atoms with Crippen LogP contribution in [0.15, 0.2) is 65.5 Å². The van der Waals surface area contributed by atoms with Crippen LogP contribution < -0.4 is 5.56 Å². The van der Waals surface area contributed by atoms with Gasteiger partial charge in [0.05, 0.1) is 5.39 Å². The quantitative estimate of drug-likeness (QED) is 0.691. The summed E-state index contributed by atoms with van der Waals surface area (Å²) in [7, 11) is 0. The van der Waals surface area contributed by atoms with Crippen LogP contribution in [0.5, 0.6) is 0 Å². The molecule has 0 radical (unpaired) electrons. The molecule has 0 aliphatic heterocycles. The molecule has 0 unspecified atom stereocenters. The van der Waals surface area contributed by atoms with Gasteiger partial charge in [-0.3, -0.25) is 9.36 Å². The fourth-order valence-corrected chi connectivity index (χ4v) is 2.88. The van der Waals surface area contributed by atoms with E-state index in [1.807, 2.05) is 72.2 Å². The van der Waals surface area contributed by atoms with E-state index in [-0.39, 0.29) is 5.56 Å². The molecule has 0 bridgehead atoms. The van der Waals surface area contributed by atoms with Gasteiger partial charge in [-0.25, -0.2) is 0 Å². The fourth-order valence-electron chi connectivity index (χ4n) is 2.88. The smallest absolute Gasteiger partial charge is 0.263 e. The van der Waals surface area contributed by atoms with Crippen molar-refractivity contribution in [3.63, 3.8) is 0 Å². The summed E-state index contributed by atoms with van der Waals surface area (Å²) in [4.78, 5) is 13.1. The molecule has 0 fully saturated rings. The molecule has 2 aromatic carbocycles. The largest absolute Gasteiger partial charge is 0.281 e. The first-order valence-corrected chi connectivity index (χ1v) is 7.62. The Kier molecular flexibility index (Phi) is 3.92. The molecule has 2 heteroatoms. The number of para-hydroxylation sites is 1. The molecule has 110 valence electrons. The molecule has 1 aromatic heterocycles. The molecule has 0 N–H and O–H groups in total. The lowest BCUT2D eigenvalue weighted by molar-refractivity contribution is 0.889. The van der Waals surface area contributed by atoms with Gasteiger partial charge in [0.25, 0.3) is 5.56 Å². The van der Waals surface area contributed by atoms with E-state index < -0.39 is 0 Å². The van der Waals surface area contributed by atoms with E-state index in [1.165, 1.54) is 0 Å². The molecule has 0 saturated carbocycles. The average Bonchev–Trinajstić information content (AvgIpc) is 2.55. The van der Waals surface area contributed by atoms with Gasteiger partial charge in [-0.15, -0.1) is 0 Å². The summed E-state index contributed by atoms with van der Waals surface area (Å²) in [5.41, 5.74) is 2.97. The Morgan fingerprint density at radius 1 is 1.05 bits per heavy atom. The van der Waals surface area contributed by atoms with Gasteiger partial charge < -0.3 is 0 Å². The van der Waals surface area contributed by atoms with E-state index in [2.05, 4.69) is 13.0 Å². The van der Waals surface area contributed by atoms with Crippen LogP contribution in [-0.2, 0) is 6.42 Å². The lowest BCUT2D eigenvalue weighted by Gasteiger charge is -2.14. The van der Waals surface area contributed by atoms with Crippen LogP contribution in [0.1, 0.15) is 25.1 Å². The van der Waals surface area contributed by atoms with Gasteiger partial charge in [0.1, 0.15) is 0 Å². The molecule has 0 aliphatic rings. The van der Waals surface area contributed by atoms with Crippen molar-refractivity contribution in [1.82, 2.24) is 4.57 Å². The zero-order valence-corrected chi connectivity index (χ0v) is 12.9. The monoisotopic (exact) mass is 289 g/mol. The normalized spacial score (nSPS) is 11.4. The molecule has 2 nitrogen and oxygen atoms in total. The second-order valence-corrected chi connectivity index (χ2v) is 5.28. The van der Waals surface area contributed by atoms with Gasteiger partial charge in [0, 0.05) is 11.4 Å². The Balaban J connectivity index is 2.44. The van der Waals surface area contributed by atoms with E-state index in [0.29, 0.717) is 0 Å². The predicted octanol–water partition coefficient (Wildman–Crippen LogP) is 4.59.